The molecule has 0 saturated heterocycles. The number of ketones is 1. The summed E-state index contributed by atoms with van der Waals surface area (Å²) in [6.07, 6.45) is 0.417. The number of hydrogen-bond donors (Lipinski definition) is 0. The topological polar surface area (TPSA) is 48.7 Å². The lowest BCUT2D eigenvalue weighted by molar-refractivity contribution is 0.0962. The van der Waals surface area contributed by atoms with Gasteiger partial charge in [-0.1, -0.05) is 6.92 Å². The van der Waals surface area contributed by atoms with Crippen LogP contribution in [0.5, 0.6) is 11.5 Å². The van der Waals surface area contributed by atoms with Crippen LogP contribution in [0.25, 0.3) is 11.0 Å². The SMILES string of the molecule is CCC(=O)c1oc2c(OC)c(OC)ccc2c1C. The molecule has 96 valence electrons. The Morgan fingerprint density at radius 2 is 2.00 bits per heavy atom. The van der Waals surface area contributed by atoms with Crippen molar-refractivity contribution in [2.24, 2.45) is 0 Å². The lowest BCUT2D eigenvalue weighted by atomic mass is 10.1. The molecule has 2 aromatic rings. The third-order valence-electron chi connectivity index (χ3n) is 3.02. The number of benzene rings is 1. The lowest BCUT2D eigenvalue weighted by Gasteiger charge is -2.06. The predicted molar refractivity (Wildman–Crippen MR) is 68.7 cm³/mol. The summed E-state index contributed by atoms with van der Waals surface area (Å²) in [6, 6.07) is 3.69. The number of Topliss-reactive ketones (excluding diaryl/α,β-unsaturated/α-hetero) is 1. The van der Waals surface area contributed by atoms with E-state index < -0.39 is 0 Å². The maximum Gasteiger partial charge on any atom is 0.204 e. The van der Waals surface area contributed by atoms with E-state index in [4.69, 9.17) is 13.9 Å². The molecular weight excluding hydrogens is 232 g/mol. The van der Waals surface area contributed by atoms with Crippen molar-refractivity contribution in [3.05, 3.63) is 23.5 Å². The maximum absolute atomic E-state index is 11.8. The minimum atomic E-state index is -0.00952. The van der Waals surface area contributed by atoms with Crippen molar-refractivity contribution in [1.29, 1.82) is 0 Å². The van der Waals surface area contributed by atoms with E-state index in [0.29, 0.717) is 29.3 Å². The van der Waals surface area contributed by atoms with Crippen molar-refractivity contribution >= 4 is 16.8 Å². The fraction of sp³-hybridized carbons (Fsp3) is 0.357. The summed E-state index contributed by atoms with van der Waals surface area (Å²) >= 11 is 0. The summed E-state index contributed by atoms with van der Waals surface area (Å²) in [5, 5.41) is 0.879. The van der Waals surface area contributed by atoms with Crippen LogP contribution in [0.15, 0.2) is 16.5 Å². The number of carbonyl (C=O) groups excluding carboxylic acids is 1. The molecule has 0 unspecified atom stereocenters. The van der Waals surface area contributed by atoms with Crippen molar-refractivity contribution < 1.29 is 18.7 Å². The number of hydrogen-bond acceptors (Lipinski definition) is 4. The van der Waals surface area contributed by atoms with Gasteiger partial charge in [-0.3, -0.25) is 4.79 Å². The summed E-state index contributed by atoms with van der Waals surface area (Å²) in [6.45, 7) is 3.69. The van der Waals surface area contributed by atoms with Crippen molar-refractivity contribution in [2.45, 2.75) is 20.3 Å². The molecule has 0 aliphatic heterocycles. The quantitative estimate of drug-likeness (QED) is 0.778. The van der Waals surface area contributed by atoms with Gasteiger partial charge in [-0.2, -0.15) is 0 Å². The van der Waals surface area contributed by atoms with Crippen LogP contribution in [0.3, 0.4) is 0 Å². The zero-order valence-electron chi connectivity index (χ0n) is 11.0. The number of rotatable bonds is 4. The van der Waals surface area contributed by atoms with Crippen molar-refractivity contribution in [3.8, 4) is 11.5 Å². The van der Waals surface area contributed by atoms with Crippen LogP contribution in [0, 0.1) is 6.92 Å². The number of ether oxygens (including phenoxy) is 2. The van der Waals surface area contributed by atoms with E-state index in [0.717, 1.165) is 10.9 Å². The second kappa shape index (κ2) is 4.72. The fourth-order valence-corrected chi connectivity index (χ4v) is 2.02. The molecule has 4 nitrogen and oxygen atoms in total. The third kappa shape index (κ3) is 1.74. The third-order valence-corrected chi connectivity index (χ3v) is 3.02. The van der Waals surface area contributed by atoms with Crippen LogP contribution in [-0.2, 0) is 0 Å². The molecule has 18 heavy (non-hydrogen) atoms. The highest BCUT2D eigenvalue weighted by molar-refractivity contribution is 6.01. The Morgan fingerprint density at radius 1 is 1.28 bits per heavy atom. The number of carbonyl (C=O) groups is 1. The fourth-order valence-electron chi connectivity index (χ4n) is 2.02. The zero-order chi connectivity index (χ0) is 13.3. The Morgan fingerprint density at radius 3 is 2.56 bits per heavy atom. The first-order valence-corrected chi connectivity index (χ1v) is 5.81. The average Bonchev–Trinajstić information content (AvgIpc) is 2.74. The second-order valence-electron chi connectivity index (χ2n) is 4.01. The summed E-state index contributed by atoms with van der Waals surface area (Å²) in [5.74, 6) is 1.51. The van der Waals surface area contributed by atoms with E-state index in [1.165, 1.54) is 0 Å². The summed E-state index contributed by atoms with van der Waals surface area (Å²) in [4.78, 5) is 11.8. The monoisotopic (exact) mass is 248 g/mol. The molecule has 0 aliphatic rings. The number of furan rings is 1. The van der Waals surface area contributed by atoms with E-state index in [9.17, 15) is 4.79 Å². The highest BCUT2D eigenvalue weighted by Gasteiger charge is 2.20. The van der Waals surface area contributed by atoms with Crippen LogP contribution in [0.4, 0.5) is 0 Å². The number of methoxy groups -OCH3 is 2. The smallest absolute Gasteiger partial charge is 0.204 e. The van der Waals surface area contributed by atoms with Crippen molar-refractivity contribution in [3.63, 3.8) is 0 Å². The highest BCUT2D eigenvalue weighted by atomic mass is 16.5. The first kappa shape index (κ1) is 12.5. The van der Waals surface area contributed by atoms with E-state index in [-0.39, 0.29) is 5.78 Å². The Bertz CT molecular complexity index is 595. The first-order valence-electron chi connectivity index (χ1n) is 5.81. The van der Waals surface area contributed by atoms with Crippen LogP contribution in [-0.4, -0.2) is 20.0 Å². The molecule has 0 N–H and O–H groups in total. The van der Waals surface area contributed by atoms with E-state index in [1.807, 2.05) is 26.0 Å². The minimum Gasteiger partial charge on any atom is -0.493 e. The first-order chi connectivity index (χ1) is 8.63. The Kier molecular flexibility index (Phi) is 3.28. The molecule has 4 heteroatoms. The maximum atomic E-state index is 11.8. The summed E-state index contributed by atoms with van der Waals surface area (Å²) in [7, 11) is 3.12. The second-order valence-corrected chi connectivity index (χ2v) is 4.01. The molecular formula is C14H16O4. The van der Waals surface area contributed by atoms with Gasteiger partial charge in [0.15, 0.2) is 22.9 Å². The molecule has 1 heterocycles. The van der Waals surface area contributed by atoms with Gasteiger partial charge in [0.1, 0.15) is 0 Å². The van der Waals surface area contributed by atoms with Gasteiger partial charge in [-0.05, 0) is 19.1 Å². The molecule has 0 atom stereocenters. The molecule has 1 aromatic carbocycles. The molecule has 0 spiro atoms. The van der Waals surface area contributed by atoms with Crippen molar-refractivity contribution in [1.82, 2.24) is 0 Å². The van der Waals surface area contributed by atoms with Gasteiger partial charge in [-0.25, -0.2) is 0 Å². The van der Waals surface area contributed by atoms with Gasteiger partial charge in [0, 0.05) is 17.4 Å². The Hall–Kier alpha value is -1.97. The van der Waals surface area contributed by atoms with E-state index >= 15 is 0 Å². The van der Waals surface area contributed by atoms with Crippen LogP contribution in [0.2, 0.25) is 0 Å². The Balaban J connectivity index is 2.75. The molecule has 0 aliphatic carbocycles. The van der Waals surface area contributed by atoms with Gasteiger partial charge in [0.25, 0.3) is 0 Å². The van der Waals surface area contributed by atoms with Gasteiger partial charge in [0.05, 0.1) is 14.2 Å². The molecule has 0 amide bonds. The molecule has 0 saturated carbocycles. The van der Waals surface area contributed by atoms with Gasteiger partial charge >= 0.3 is 0 Å². The van der Waals surface area contributed by atoms with Gasteiger partial charge in [-0.15, -0.1) is 0 Å². The van der Waals surface area contributed by atoms with Crippen molar-refractivity contribution in [2.75, 3.05) is 14.2 Å². The average molecular weight is 248 g/mol. The predicted octanol–water partition coefficient (Wildman–Crippen LogP) is 3.35. The number of fused-ring (bicyclic) bond motifs is 1. The van der Waals surface area contributed by atoms with Crippen LogP contribution in [0.1, 0.15) is 29.5 Å². The van der Waals surface area contributed by atoms with Gasteiger partial charge in [0.2, 0.25) is 5.75 Å². The van der Waals surface area contributed by atoms with Crippen LogP contribution < -0.4 is 9.47 Å². The number of aryl methyl sites for hydroxylation is 1. The summed E-state index contributed by atoms with van der Waals surface area (Å²) in [5.41, 5.74) is 1.41. The lowest BCUT2D eigenvalue weighted by Crippen LogP contribution is -1.95. The largest absolute Gasteiger partial charge is 0.493 e. The molecule has 0 fully saturated rings. The normalized spacial score (nSPS) is 10.7. The standard InChI is InChI=1S/C14H16O4/c1-5-10(15)12-8(2)9-6-7-11(16-3)14(17-4)13(9)18-12/h6-7H,5H2,1-4H3. The molecule has 0 bridgehead atoms. The molecule has 1 aromatic heterocycles. The summed E-state index contributed by atoms with van der Waals surface area (Å²) < 4.78 is 16.2. The van der Waals surface area contributed by atoms with Gasteiger partial charge < -0.3 is 13.9 Å². The molecule has 0 radical (unpaired) electrons. The molecule has 2 rings (SSSR count). The minimum absolute atomic E-state index is 0.00952. The Labute approximate surface area is 105 Å². The van der Waals surface area contributed by atoms with E-state index in [2.05, 4.69) is 0 Å². The van der Waals surface area contributed by atoms with Crippen LogP contribution >= 0.6 is 0 Å². The highest BCUT2D eigenvalue weighted by Crippen LogP contribution is 2.39. The van der Waals surface area contributed by atoms with E-state index in [1.54, 1.807) is 14.2 Å². The zero-order valence-corrected chi connectivity index (χ0v) is 11.0.